The van der Waals surface area contributed by atoms with Crippen LogP contribution in [0.2, 0.25) is 0 Å². The van der Waals surface area contributed by atoms with Gasteiger partial charge in [0.05, 0.1) is 6.61 Å². The molecule has 0 atom stereocenters. The SMILES string of the molecule is CCCCCCCOc1ccc(CCC2CCC(c3ccc(C4CCC(C)CC4)c(F)c3F)CC2)c(F)c1. The van der Waals surface area contributed by atoms with Crippen LogP contribution in [-0.4, -0.2) is 6.61 Å². The molecular weight excluding hydrogens is 481 g/mol. The van der Waals surface area contributed by atoms with Gasteiger partial charge < -0.3 is 4.74 Å². The Morgan fingerprint density at radius 2 is 1.34 bits per heavy atom. The third-order valence-corrected chi connectivity index (χ3v) is 9.25. The molecule has 0 heterocycles. The van der Waals surface area contributed by atoms with E-state index in [-0.39, 0.29) is 17.7 Å². The van der Waals surface area contributed by atoms with E-state index < -0.39 is 11.6 Å². The van der Waals surface area contributed by atoms with E-state index in [0.717, 1.165) is 76.2 Å². The second-order valence-corrected chi connectivity index (χ2v) is 12.1. The topological polar surface area (TPSA) is 9.23 Å². The smallest absolute Gasteiger partial charge is 0.162 e. The van der Waals surface area contributed by atoms with E-state index in [4.69, 9.17) is 4.74 Å². The molecule has 0 bridgehead atoms. The minimum absolute atomic E-state index is 0.0799. The molecule has 2 aromatic rings. The molecule has 4 heteroatoms. The summed E-state index contributed by atoms with van der Waals surface area (Å²) in [6, 6.07) is 8.99. The lowest BCUT2D eigenvalue weighted by molar-refractivity contribution is 0.300. The predicted molar refractivity (Wildman–Crippen MR) is 150 cm³/mol. The van der Waals surface area contributed by atoms with Crippen LogP contribution in [0.4, 0.5) is 13.2 Å². The monoisotopic (exact) mass is 528 g/mol. The van der Waals surface area contributed by atoms with E-state index in [1.54, 1.807) is 0 Å². The summed E-state index contributed by atoms with van der Waals surface area (Å²) in [5.41, 5.74) is 1.88. The highest BCUT2D eigenvalue weighted by Crippen LogP contribution is 2.42. The van der Waals surface area contributed by atoms with E-state index >= 15 is 8.78 Å². The number of hydrogen-bond acceptors (Lipinski definition) is 1. The number of ether oxygens (including phenoxy) is 1. The molecule has 4 rings (SSSR count). The van der Waals surface area contributed by atoms with E-state index in [1.807, 2.05) is 24.3 Å². The number of benzene rings is 2. The largest absolute Gasteiger partial charge is 0.493 e. The Morgan fingerprint density at radius 1 is 0.737 bits per heavy atom. The number of rotatable bonds is 12. The second-order valence-electron chi connectivity index (χ2n) is 12.1. The fourth-order valence-electron chi connectivity index (χ4n) is 6.62. The Kier molecular flexibility index (Phi) is 11.0. The molecule has 0 unspecified atom stereocenters. The van der Waals surface area contributed by atoms with Crippen molar-refractivity contribution in [1.82, 2.24) is 0 Å². The molecular formula is C34H47F3O. The summed E-state index contributed by atoms with van der Waals surface area (Å²) in [4.78, 5) is 0. The van der Waals surface area contributed by atoms with Crippen molar-refractivity contribution >= 4 is 0 Å². The minimum Gasteiger partial charge on any atom is -0.493 e. The lowest BCUT2D eigenvalue weighted by atomic mass is 9.75. The first-order valence-electron chi connectivity index (χ1n) is 15.3. The van der Waals surface area contributed by atoms with E-state index in [2.05, 4.69) is 13.8 Å². The first-order valence-corrected chi connectivity index (χ1v) is 15.3. The maximum absolute atomic E-state index is 15.1. The van der Waals surface area contributed by atoms with Crippen LogP contribution in [0.1, 0.15) is 132 Å². The number of hydrogen-bond donors (Lipinski definition) is 0. The van der Waals surface area contributed by atoms with Crippen LogP contribution in [0.15, 0.2) is 30.3 Å². The van der Waals surface area contributed by atoms with Crippen LogP contribution < -0.4 is 4.74 Å². The molecule has 0 saturated heterocycles. The normalized spacial score (nSPS) is 23.9. The van der Waals surface area contributed by atoms with E-state index in [1.165, 1.54) is 25.3 Å². The van der Waals surface area contributed by atoms with Crippen molar-refractivity contribution in [2.75, 3.05) is 6.61 Å². The van der Waals surface area contributed by atoms with Crippen molar-refractivity contribution in [3.8, 4) is 5.75 Å². The summed E-state index contributed by atoms with van der Waals surface area (Å²) >= 11 is 0. The lowest BCUT2D eigenvalue weighted by Gasteiger charge is -2.30. The molecule has 0 amide bonds. The van der Waals surface area contributed by atoms with E-state index in [0.29, 0.717) is 41.7 Å². The fourth-order valence-corrected chi connectivity index (χ4v) is 6.62. The van der Waals surface area contributed by atoms with Crippen LogP contribution in [-0.2, 0) is 6.42 Å². The summed E-state index contributed by atoms with van der Waals surface area (Å²) in [5, 5.41) is 0. The van der Waals surface area contributed by atoms with Crippen molar-refractivity contribution in [1.29, 1.82) is 0 Å². The van der Waals surface area contributed by atoms with Gasteiger partial charge in [-0.1, -0.05) is 70.6 Å². The van der Waals surface area contributed by atoms with Gasteiger partial charge in [0.2, 0.25) is 0 Å². The van der Waals surface area contributed by atoms with Crippen LogP contribution in [0, 0.1) is 29.3 Å². The van der Waals surface area contributed by atoms with Crippen LogP contribution in [0.5, 0.6) is 5.75 Å². The standard InChI is InChI=1S/C34H47F3O/c1-3-4-5-6-7-22-38-29-19-18-28(32(35)23-29)17-12-25-10-15-27(16-11-25)31-21-20-30(33(36)34(31)37)26-13-8-24(2)9-14-26/h18-21,23-27H,3-17,22H2,1-2H3. The average Bonchev–Trinajstić information content (AvgIpc) is 2.93. The molecule has 0 radical (unpaired) electrons. The molecule has 0 spiro atoms. The highest BCUT2D eigenvalue weighted by molar-refractivity contribution is 5.32. The quantitative estimate of drug-likeness (QED) is 0.249. The highest BCUT2D eigenvalue weighted by Gasteiger charge is 2.29. The van der Waals surface area contributed by atoms with Gasteiger partial charge in [0.25, 0.3) is 0 Å². The molecule has 2 aromatic carbocycles. The van der Waals surface area contributed by atoms with Gasteiger partial charge in [-0.15, -0.1) is 0 Å². The predicted octanol–water partition coefficient (Wildman–Crippen LogP) is 10.7. The Balaban J connectivity index is 1.22. The number of aryl methyl sites for hydroxylation is 1. The Labute approximate surface area is 228 Å². The molecule has 0 aromatic heterocycles. The third-order valence-electron chi connectivity index (χ3n) is 9.25. The van der Waals surface area contributed by atoms with Crippen LogP contribution >= 0.6 is 0 Å². The van der Waals surface area contributed by atoms with Gasteiger partial charge in [-0.25, -0.2) is 13.2 Å². The van der Waals surface area contributed by atoms with Gasteiger partial charge in [-0.3, -0.25) is 0 Å². The van der Waals surface area contributed by atoms with Crippen molar-refractivity contribution < 1.29 is 17.9 Å². The van der Waals surface area contributed by atoms with Crippen LogP contribution in [0.25, 0.3) is 0 Å². The summed E-state index contributed by atoms with van der Waals surface area (Å²) in [7, 11) is 0. The van der Waals surface area contributed by atoms with Gasteiger partial charge in [0, 0.05) is 6.07 Å². The zero-order chi connectivity index (χ0) is 26.9. The molecule has 38 heavy (non-hydrogen) atoms. The lowest BCUT2D eigenvalue weighted by Crippen LogP contribution is -2.17. The highest BCUT2D eigenvalue weighted by atomic mass is 19.2. The van der Waals surface area contributed by atoms with Gasteiger partial charge >= 0.3 is 0 Å². The Morgan fingerprint density at radius 3 is 1.95 bits per heavy atom. The molecule has 210 valence electrons. The molecule has 2 fully saturated rings. The zero-order valence-corrected chi connectivity index (χ0v) is 23.6. The molecule has 0 N–H and O–H groups in total. The number of halogens is 3. The maximum atomic E-state index is 15.1. The Bertz CT molecular complexity index is 1000. The van der Waals surface area contributed by atoms with Gasteiger partial charge in [0.1, 0.15) is 11.6 Å². The van der Waals surface area contributed by atoms with Crippen molar-refractivity contribution in [2.24, 2.45) is 11.8 Å². The first kappa shape index (κ1) is 29.0. The molecule has 2 aliphatic carbocycles. The fraction of sp³-hybridized carbons (Fsp3) is 0.647. The molecule has 0 aliphatic heterocycles. The first-order chi connectivity index (χ1) is 18.5. The molecule has 2 aliphatic rings. The van der Waals surface area contributed by atoms with Gasteiger partial charge in [-0.05, 0) is 104 Å². The maximum Gasteiger partial charge on any atom is 0.162 e. The summed E-state index contributed by atoms with van der Waals surface area (Å²) in [6.07, 6.45) is 15.3. The van der Waals surface area contributed by atoms with Crippen molar-refractivity contribution in [3.63, 3.8) is 0 Å². The summed E-state index contributed by atoms with van der Waals surface area (Å²) in [5.74, 6) is 0.624. The van der Waals surface area contributed by atoms with Crippen molar-refractivity contribution in [3.05, 3.63) is 64.5 Å². The average molecular weight is 529 g/mol. The second kappa shape index (κ2) is 14.4. The third kappa shape index (κ3) is 7.79. The molecule has 1 nitrogen and oxygen atoms in total. The van der Waals surface area contributed by atoms with E-state index in [9.17, 15) is 4.39 Å². The van der Waals surface area contributed by atoms with Crippen LogP contribution in [0.3, 0.4) is 0 Å². The molecule has 2 saturated carbocycles. The zero-order valence-electron chi connectivity index (χ0n) is 23.6. The van der Waals surface area contributed by atoms with Crippen molar-refractivity contribution in [2.45, 2.75) is 122 Å². The summed E-state index contributed by atoms with van der Waals surface area (Å²) < 4.78 is 50.6. The summed E-state index contributed by atoms with van der Waals surface area (Å²) in [6.45, 7) is 5.08. The minimum atomic E-state index is -0.616. The number of unbranched alkanes of at least 4 members (excludes halogenated alkanes) is 4. The van der Waals surface area contributed by atoms with Gasteiger partial charge in [0.15, 0.2) is 11.6 Å². The Hall–Kier alpha value is -1.97. The van der Waals surface area contributed by atoms with Gasteiger partial charge in [-0.2, -0.15) is 0 Å².